The molecule has 0 aliphatic carbocycles. The van der Waals surface area contributed by atoms with Gasteiger partial charge in [0.1, 0.15) is 5.69 Å². The molecule has 0 bridgehead atoms. The van der Waals surface area contributed by atoms with E-state index in [4.69, 9.17) is 0 Å². The number of tetrazole rings is 1. The summed E-state index contributed by atoms with van der Waals surface area (Å²) < 4.78 is 2.95. The van der Waals surface area contributed by atoms with E-state index in [0.717, 1.165) is 40.8 Å². The lowest BCUT2D eigenvalue weighted by Crippen LogP contribution is -2.17. The zero-order chi connectivity index (χ0) is 24.4. The molecule has 3 aromatic heterocycles. The molecule has 0 spiro atoms. The SMILES string of the molecule is CCCCc1c(Cc2ccc(-c3ccccc3-c3nnn[nH]3)cc2)c(=O)n2cccc(C(=O)O)n12. The summed E-state index contributed by atoms with van der Waals surface area (Å²) in [5.74, 6) is -0.472. The number of nitrogens with one attached hydrogen (secondary N) is 1. The second-order valence-corrected chi connectivity index (χ2v) is 8.36. The average molecular weight is 469 g/mol. The molecule has 3 heterocycles. The minimum Gasteiger partial charge on any atom is -0.477 e. The quantitative estimate of drug-likeness (QED) is 0.357. The highest BCUT2D eigenvalue weighted by atomic mass is 16.4. The summed E-state index contributed by atoms with van der Waals surface area (Å²) in [4.78, 5) is 25.1. The van der Waals surface area contributed by atoms with E-state index in [0.29, 0.717) is 24.2 Å². The molecule has 0 unspecified atom stereocenters. The first-order valence-corrected chi connectivity index (χ1v) is 11.5. The average Bonchev–Trinajstić information content (AvgIpc) is 3.51. The number of unbranched alkanes of at least 4 members (excludes halogenated alkanes) is 1. The van der Waals surface area contributed by atoms with E-state index in [1.54, 1.807) is 16.8 Å². The summed E-state index contributed by atoms with van der Waals surface area (Å²) in [7, 11) is 0. The molecule has 176 valence electrons. The van der Waals surface area contributed by atoms with Crippen LogP contribution in [0.4, 0.5) is 0 Å². The number of fused-ring (bicyclic) bond motifs is 1. The minimum atomic E-state index is -1.06. The Morgan fingerprint density at radius 2 is 1.80 bits per heavy atom. The van der Waals surface area contributed by atoms with E-state index in [-0.39, 0.29) is 11.3 Å². The summed E-state index contributed by atoms with van der Waals surface area (Å²) in [6.07, 6.45) is 4.46. The van der Waals surface area contributed by atoms with Crippen molar-refractivity contribution in [2.75, 3.05) is 0 Å². The Morgan fingerprint density at radius 3 is 2.49 bits per heavy atom. The van der Waals surface area contributed by atoms with Gasteiger partial charge in [0.15, 0.2) is 5.82 Å². The van der Waals surface area contributed by atoms with Crippen molar-refractivity contribution in [1.82, 2.24) is 29.7 Å². The van der Waals surface area contributed by atoms with Crippen LogP contribution in [0, 0.1) is 0 Å². The molecule has 5 rings (SSSR count). The zero-order valence-electron chi connectivity index (χ0n) is 19.2. The smallest absolute Gasteiger partial charge is 0.354 e. The Hall–Kier alpha value is -4.53. The normalized spacial score (nSPS) is 11.2. The van der Waals surface area contributed by atoms with Crippen LogP contribution in [0.15, 0.2) is 71.7 Å². The highest BCUT2D eigenvalue weighted by Gasteiger charge is 2.20. The molecule has 9 heteroatoms. The molecule has 0 atom stereocenters. The molecule has 5 aromatic rings. The number of aryl methyl sites for hydroxylation is 1. The largest absolute Gasteiger partial charge is 0.477 e. The highest BCUT2D eigenvalue weighted by Crippen LogP contribution is 2.30. The van der Waals surface area contributed by atoms with Crippen LogP contribution in [0.2, 0.25) is 0 Å². The molecule has 2 aromatic carbocycles. The van der Waals surface area contributed by atoms with Gasteiger partial charge < -0.3 is 5.11 Å². The van der Waals surface area contributed by atoms with Crippen LogP contribution in [-0.2, 0) is 12.8 Å². The van der Waals surface area contributed by atoms with Crippen molar-refractivity contribution in [2.24, 2.45) is 0 Å². The molecule has 35 heavy (non-hydrogen) atoms. The maximum Gasteiger partial charge on any atom is 0.354 e. The number of hydrogen-bond donors (Lipinski definition) is 2. The van der Waals surface area contributed by atoms with E-state index < -0.39 is 5.97 Å². The monoisotopic (exact) mass is 468 g/mol. The predicted molar refractivity (Wildman–Crippen MR) is 131 cm³/mol. The van der Waals surface area contributed by atoms with Crippen LogP contribution in [0.1, 0.15) is 47.1 Å². The Kier molecular flexibility index (Phi) is 5.97. The lowest BCUT2D eigenvalue weighted by Gasteiger charge is -2.09. The van der Waals surface area contributed by atoms with Crippen LogP contribution in [0.5, 0.6) is 0 Å². The van der Waals surface area contributed by atoms with E-state index in [1.165, 1.54) is 10.6 Å². The lowest BCUT2D eigenvalue weighted by atomic mass is 9.96. The Labute approximate surface area is 200 Å². The van der Waals surface area contributed by atoms with Crippen molar-refractivity contribution < 1.29 is 9.90 Å². The highest BCUT2D eigenvalue weighted by molar-refractivity contribution is 5.85. The Balaban J connectivity index is 1.53. The first kappa shape index (κ1) is 22.3. The van der Waals surface area contributed by atoms with E-state index in [9.17, 15) is 14.7 Å². The van der Waals surface area contributed by atoms with Crippen molar-refractivity contribution in [1.29, 1.82) is 0 Å². The number of H-pyrrole nitrogens is 1. The molecule has 0 amide bonds. The van der Waals surface area contributed by atoms with Gasteiger partial charge in [0, 0.05) is 23.7 Å². The number of hydrogen-bond acceptors (Lipinski definition) is 5. The minimum absolute atomic E-state index is 0.0795. The summed E-state index contributed by atoms with van der Waals surface area (Å²) in [6.45, 7) is 2.07. The fourth-order valence-corrected chi connectivity index (χ4v) is 4.45. The summed E-state index contributed by atoms with van der Waals surface area (Å²) in [5, 5.41) is 23.9. The van der Waals surface area contributed by atoms with E-state index in [1.807, 2.05) is 48.5 Å². The standard InChI is InChI=1S/C26H24N6O3/c1-2-3-9-22-21(25(33)31-15-6-10-23(26(34)35)32(22)31)16-17-11-13-18(14-12-17)19-7-4-5-8-20(19)24-27-29-30-28-24/h4-8,10-15H,2-3,9,16H2,1H3,(H,34,35)(H,27,28,29,30). The number of carboxylic acid groups (broad SMARTS) is 1. The second kappa shape index (κ2) is 9.38. The molecule has 0 saturated carbocycles. The third kappa shape index (κ3) is 4.12. The van der Waals surface area contributed by atoms with Gasteiger partial charge in [0.25, 0.3) is 5.56 Å². The van der Waals surface area contributed by atoms with Crippen molar-refractivity contribution in [3.63, 3.8) is 0 Å². The number of aromatic amines is 1. The predicted octanol–water partition coefficient (Wildman–Crippen LogP) is 3.88. The van der Waals surface area contributed by atoms with Gasteiger partial charge in [-0.2, -0.15) is 0 Å². The van der Waals surface area contributed by atoms with Gasteiger partial charge in [-0.25, -0.2) is 18.9 Å². The molecule has 0 saturated heterocycles. The number of rotatable bonds is 8. The van der Waals surface area contributed by atoms with Crippen molar-refractivity contribution in [3.05, 3.63) is 99.7 Å². The van der Waals surface area contributed by atoms with Crippen molar-refractivity contribution in [3.8, 4) is 22.5 Å². The third-order valence-corrected chi connectivity index (χ3v) is 6.15. The molecule has 0 fully saturated rings. The first-order valence-electron chi connectivity index (χ1n) is 11.5. The van der Waals surface area contributed by atoms with Crippen LogP contribution < -0.4 is 5.56 Å². The zero-order valence-corrected chi connectivity index (χ0v) is 19.2. The van der Waals surface area contributed by atoms with E-state index >= 15 is 0 Å². The summed E-state index contributed by atoms with van der Waals surface area (Å²) >= 11 is 0. The van der Waals surface area contributed by atoms with Crippen LogP contribution in [0.25, 0.3) is 22.5 Å². The number of aromatic nitrogens is 6. The first-order chi connectivity index (χ1) is 17.1. The topological polar surface area (TPSA) is 118 Å². The fourth-order valence-electron chi connectivity index (χ4n) is 4.45. The van der Waals surface area contributed by atoms with Crippen molar-refractivity contribution in [2.45, 2.75) is 32.6 Å². The second-order valence-electron chi connectivity index (χ2n) is 8.36. The fraction of sp³-hybridized carbons (Fsp3) is 0.192. The van der Waals surface area contributed by atoms with Gasteiger partial charge in [0.2, 0.25) is 0 Å². The molecule has 0 aliphatic rings. The molecule has 9 nitrogen and oxygen atoms in total. The van der Waals surface area contributed by atoms with Gasteiger partial charge in [-0.3, -0.25) is 4.79 Å². The van der Waals surface area contributed by atoms with Crippen LogP contribution in [0.3, 0.4) is 0 Å². The molecule has 0 radical (unpaired) electrons. The Morgan fingerprint density at radius 1 is 1.03 bits per heavy atom. The van der Waals surface area contributed by atoms with Gasteiger partial charge in [0.05, 0.1) is 5.69 Å². The van der Waals surface area contributed by atoms with Crippen LogP contribution in [-0.4, -0.2) is 40.7 Å². The van der Waals surface area contributed by atoms with Crippen molar-refractivity contribution >= 4 is 5.97 Å². The van der Waals surface area contributed by atoms with Gasteiger partial charge in [-0.1, -0.05) is 61.9 Å². The number of nitrogens with zero attached hydrogens (tertiary/aromatic N) is 5. The maximum absolute atomic E-state index is 13.3. The Bertz CT molecular complexity index is 1550. The lowest BCUT2D eigenvalue weighted by molar-refractivity contribution is 0.0685. The van der Waals surface area contributed by atoms with Gasteiger partial charge >= 0.3 is 5.97 Å². The number of aromatic carboxylic acids is 1. The summed E-state index contributed by atoms with van der Waals surface area (Å²) in [6, 6.07) is 19.0. The molecule has 0 aliphatic heterocycles. The van der Waals surface area contributed by atoms with Gasteiger partial charge in [-0.05, 0) is 52.1 Å². The maximum atomic E-state index is 13.3. The van der Waals surface area contributed by atoms with E-state index in [2.05, 4.69) is 27.5 Å². The number of carboxylic acids is 1. The molecular weight excluding hydrogens is 444 g/mol. The third-order valence-electron chi connectivity index (χ3n) is 6.15. The number of benzene rings is 2. The number of carbonyl (C=O) groups is 1. The molecule has 2 N–H and O–H groups in total. The summed E-state index contributed by atoms with van der Waals surface area (Å²) in [5.41, 5.74) is 5.12. The molecular formula is C26H24N6O3. The van der Waals surface area contributed by atoms with Crippen LogP contribution >= 0.6 is 0 Å². The van der Waals surface area contributed by atoms with Gasteiger partial charge in [-0.15, -0.1) is 5.10 Å².